The first kappa shape index (κ1) is 22.6. The quantitative estimate of drug-likeness (QED) is 0.632. The number of morpholine rings is 1. The van der Waals surface area contributed by atoms with Crippen LogP contribution in [-0.4, -0.2) is 73.4 Å². The third-order valence-corrected chi connectivity index (χ3v) is 6.94. The van der Waals surface area contributed by atoms with Gasteiger partial charge in [-0.15, -0.1) is 0 Å². The van der Waals surface area contributed by atoms with Crippen LogP contribution >= 0.6 is 0 Å². The van der Waals surface area contributed by atoms with E-state index in [2.05, 4.69) is 9.91 Å². The summed E-state index contributed by atoms with van der Waals surface area (Å²) in [6.45, 7) is 4.37. The lowest BCUT2D eigenvalue weighted by molar-refractivity contribution is -0.139. The molecule has 8 nitrogen and oxygen atoms in total. The van der Waals surface area contributed by atoms with E-state index in [1.807, 2.05) is 61.5 Å². The number of carbonyl (C=O) groups is 2. The number of ether oxygens (including phenoxy) is 3. The molecule has 0 N–H and O–H groups in total. The van der Waals surface area contributed by atoms with Gasteiger partial charge in [0.15, 0.2) is 0 Å². The van der Waals surface area contributed by atoms with Gasteiger partial charge in [0, 0.05) is 18.8 Å². The Hall–Kier alpha value is -3.20. The van der Waals surface area contributed by atoms with Gasteiger partial charge in [-0.2, -0.15) is 5.01 Å². The van der Waals surface area contributed by atoms with Gasteiger partial charge in [-0.3, -0.25) is 9.69 Å². The first-order valence-corrected chi connectivity index (χ1v) is 11.5. The van der Waals surface area contributed by atoms with Crippen LogP contribution in [0, 0.1) is 0 Å². The second-order valence-electron chi connectivity index (χ2n) is 8.65. The van der Waals surface area contributed by atoms with Crippen LogP contribution in [0.15, 0.2) is 65.9 Å². The summed E-state index contributed by atoms with van der Waals surface area (Å²) >= 11 is 0. The van der Waals surface area contributed by atoms with E-state index in [0.717, 1.165) is 16.9 Å². The van der Waals surface area contributed by atoms with Gasteiger partial charge in [-0.25, -0.2) is 9.80 Å². The van der Waals surface area contributed by atoms with Crippen molar-refractivity contribution in [2.24, 2.45) is 0 Å². The summed E-state index contributed by atoms with van der Waals surface area (Å²) in [5.41, 5.74) is 2.99. The third-order valence-electron chi connectivity index (χ3n) is 6.94. The Morgan fingerprint density at radius 3 is 2.24 bits per heavy atom. The normalized spacial score (nSPS) is 25.6. The molecule has 2 aromatic carbocycles. The molecule has 34 heavy (non-hydrogen) atoms. The van der Waals surface area contributed by atoms with Crippen molar-refractivity contribution in [1.82, 2.24) is 14.9 Å². The minimum absolute atomic E-state index is 0.0364. The number of hydrogen-bond donors (Lipinski definition) is 0. The zero-order chi connectivity index (χ0) is 23.8. The maximum absolute atomic E-state index is 14.0. The molecule has 178 valence electrons. The van der Waals surface area contributed by atoms with Crippen LogP contribution in [0.5, 0.6) is 5.75 Å². The molecule has 5 rings (SSSR count). The fraction of sp³-hybridized carbons (Fsp3) is 0.385. The largest absolute Gasteiger partial charge is 0.497 e. The highest BCUT2D eigenvalue weighted by Crippen LogP contribution is 2.51. The van der Waals surface area contributed by atoms with E-state index in [-0.39, 0.29) is 18.0 Å². The number of hydrogen-bond acceptors (Lipinski definition) is 7. The van der Waals surface area contributed by atoms with E-state index in [4.69, 9.17) is 14.2 Å². The number of esters is 1. The smallest absolute Gasteiger partial charge is 0.337 e. The van der Waals surface area contributed by atoms with E-state index in [1.54, 1.807) is 12.1 Å². The zero-order valence-corrected chi connectivity index (χ0v) is 19.6. The summed E-state index contributed by atoms with van der Waals surface area (Å²) in [5.74, 6) is 0.253. The lowest BCUT2D eigenvalue weighted by atomic mass is 9.92. The summed E-state index contributed by atoms with van der Waals surface area (Å²) in [4.78, 5) is 29.2. The topological polar surface area (TPSA) is 71.5 Å². The average Bonchev–Trinajstić information content (AvgIpc) is 3.36. The van der Waals surface area contributed by atoms with Crippen molar-refractivity contribution < 1.29 is 23.8 Å². The summed E-state index contributed by atoms with van der Waals surface area (Å²) in [7, 11) is 2.99. The first-order chi connectivity index (χ1) is 16.6. The molecule has 0 bridgehead atoms. The van der Waals surface area contributed by atoms with Gasteiger partial charge >= 0.3 is 5.97 Å². The maximum atomic E-state index is 14.0. The maximum Gasteiger partial charge on any atom is 0.337 e. The fourth-order valence-corrected chi connectivity index (χ4v) is 5.37. The zero-order valence-electron chi connectivity index (χ0n) is 19.6. The Bertz CT molecular complexity index is 1100. The van der Waals surface area contributed by atoms with Crippen molar-refractivity contribution in [2.75, 3.05) is 40.5 Å². The lowest BCUT2D eigenvalue weighted by Gasteiger charge is -2.37. The van der Waals surface area contributed by atoms with Gasteiger partial charge < -0.3 is 14.2 Å². The van der Waals surface area contributed by atoms with Gasteiger partial charge in [0.1, 0.15) is 11.8 Å². The van der Waals surface area contributed by atoms with E-state index in [0.29, 0.717) is 37.6 Å². The number of fused-ring (bicyclic) bond motifs is 1. The highest BCUT2D eigenvalue weighted by molar-refractivity contribution is 5.95. The number of rotatable bonds is 5. The lowest BCUT2D eigenvalue weighted by Crippen LogP contribution is -2.49. The number of methoxy groups -OCH3 is 2. The molecule has 2 aromatic rings. The molecule has 0 spiro atoms. The molecule has 2 fully saturated rings. The standard InChI is InChI=1S/C26H29N3O5/c1-17-21(26(31)33-3)22(19-9-11-20(32-2)12-10-19)29-23(18-7-5-4-6-8-18)24(25(30)28(17)29)27-13-15-34-16-14-27/h4-12,22-24H,13-16H2,1-3H3/t22-,23+,24+/m0/s1. The van der Waals surface area contributed by atoms with Crippen molar-refractivity contribution in [1.29, 1.82) is 0 Å². The second kappa shape index (κ2) is 9.21. The van der Waals surface area contributed by atoms with Crippen LogP contribution in [-0.2, 0) is 19.1 Å². The number of benzene rings is 2. The van der Waals surface area contributed by atoms with E-state index in [9.17, 15) is 9.59 Å². The van der Waals surface area contributed by atoms with Crippen LogP contribution in [0.3, 0.4) is 0 Å². The van der Waals surface area contributed by atoms with Crippen LogP contribution in [0.1, 0.15) is 30.1 Å². The van der Waals surface area contributed by atoms with Crippen molar-refractivity contribution in [3.8, 4) is 5.75 Å². The van der Waals surface area contributed by atoms with Gasteiger partial charge in [-0.05, 0) is 30.2 Å². The van der Waals surface area contributed by atoms with Crippen molar-refractivity contribution >= 4 is 11.9 Å². The molecule has 3 aliphatic rings. The molecule has 0 aromatic heterocycles. The monoisotopic (exact) mass is 463 g/mol. The Balaban J connectivity index is 1.67. The number of amides is 1. The molecular weight excluding hydrogens is 434 g/mol. The van der Waals surface area contributed by atoms with Crippen LogP contribution in [0.25, 0.3) is 0 Å². The summed E-state index contributed by atoms with van der Waals surface area (Å²) in [5, 5.41) is 3.75. The van der Waals surface area contributed by atoms with Gasteiger partial charge in [0.05, 0.1) is 45.1 Å². The molecule has 0 aliphatic carbocycles. The SMILES string of the molecule is COC(=O)C1=C(C)N2C(=O)[C@H](N3CCOCC3)[C@@H](c3ccccc3)N2[C@H]1c1ccc(OC)cc1. The molecule has 1 amide bonds. The van der Waals surface area contributed by atoms with Crippen molar-refractivity contribution in [3.05, 3.63) is 77.0 Å². The highest BCUT2D eigenvalue weighted by Gasteiger charge is 2.58. The van der Waals surface area contributed by atoms with Crippen molar-refractivity contribution in [3.63, 3.8) is 0 Å². The molecular formula is C26H29N3O5. The fourth-order valence-electron chi connectivity index (χ4n) is 5.37. The number of allylic oxidation sites excluding steroid dienone is 1. The highest BCUT2D eigenvalue weighted by atomic mass is 16.5. The van der Waals surface area contributed by atoms with Crippen LogP contribution < -0.4 is 4.74 Å². The summed E-state index contributed by atoms with van der Waals surface area (Å²) in [6, 6.07) is 16.5. The Morgan fingerprint density at radius 2 is 1.62 bits per heavy atom. The average molecular weight is 464 g/mol. The minimum Gasteiger partial charge on any atom is -0.497 e. The second-order valence-corrected chi connectivity index (χ2v) is 8.65. The number of hydrazine groups is 1. The summed E-state index contributed by atoms with van der Waals surface area (Å²) in [6.07, 6.45) is 0. The van der Waals surface area contributed by atoms with Crippen molar-refractivity contribution in [2.45, 2.75) is 25.0 Å². The number of carbonyl (C=O) groups excluding carboxylic acids is 2. The molecule has 0 unspecified atom stereocenters. The molecule has 0 saturated carbocycles. The predicted octanol–water partition coefficient (Wildman–Crippen LogP) is 2.70. The van der Waals surface area contributed by atoms with Crippen LogP contribution in [0.2, 0.25) is 0 Å². The van der Waals surface area contributed by atoms with E-state index in [1.165, 1.54) is 7.11 Å². The third kappa shape index (κ3) is 3.58. The predicted molar refractivity (Wildman–Crippen MR) is 124 cm³/mol. The molecule has 2 saturated heterocycles. The van der Waals surface area contributed by atoms with Crippen LogP contribution in [0.4, 0.5) is 0 Å². The molecule has 3 aliphatic heterocycles. The Labute approximate surface area is 199 Å². The van der Waals surface area contributed by atoms with Gasteiger partial charge in [-0.1, -0.05) is 42.5 Å². The Morgan fingerprint density at radius 1 is 0.941 bits per heavy atom. The van der Waals surface area contributed by atoms with Gasteiger partial charge in [0.2, 0.25) is 0 Å². The van der Waals surface area contributed by atoms with E-state index < -0.39 is 12.0 Å². The van der Waals surface area contributed by atoms with E-state index >= 15 is 0 Å². The molecule has 3 heterocycles. The molecule has 3 atom stereocenters. The first-order valence-electron chi connectivity index (χ1n) is 11.5. The molecule has 8 heteroatoms. The molecule has 0 radical (unpaired) electrons. The summed E-state index contributed by atoms with van der Waals surface area (Å²) < 4.78 is 16.1. The Kier molecular flexibility index (Phi) is 6.12. The number of nitrogens with zero attached hydrogens (tertiary/aromatic N) is 3. The minimum atomic E-state index is -0.474. The van der Waals surface area contributed by atoms with Gasteiger partial charge in [0.25, 0.3) is 5.91 Å².